The highest BCUT2D eigenvalue weighted by molar-refractivity contribution is 5.95. The molecule has 1 amide bonds. The van der Waals surface area contributed by atoms with Crippen LogP contribution in [-0.4, -0.2) is 28.8 Å². The van der Waals surface area contributed by atoms with Gasteiger partial charge in [0.05, 0.1) is 18.3 Å². The predicted octanol–water partition coefficient (Wildman–Crippen LogP) is 2.74. The van der Waals surface area contributed by atoms with E-state index in [1.807, 2.05) is 38.1 Å². The van der Waals surface area contributed by atoms with Gasteiger partial charge in [-0.05, 0) is 38.7 Å². The maximum Gasteiger partial charge on any atom is 0.292 e. The van der Waals surface area contributed by atoms with E-state index in [2.05, 4.69) is 15.3 Å². The van der Waals surface area contributed by atoms with E-state index >= 15 is 0 Å². The molecule has 0 radical (unpaired) electrons. The monoisotopic (exact) mass is 354 g/mol. The Morgan fingerprint density at radius 2 is 1.85 bits per heavy atom. The largest absolute Gasteiger partial charge is 0.365 e. The Hall–Kier alpha value is -2.63. The second kappa shape index (κ2) is 8.17. The zero-order chi connectivity index (χ0) is 18.5. The Balaban J connectivity index is 1.84. The van der Waals surface area contributed by atoms with E-state index in [0.717, 1.165) is 37.1 Å². The summed E-state index contributed by atoms with van der Waals surface area (Å²) in [6.07, 6.45) is 5.17. The average molecular weight is 354 g/mol. The summed E-state index contributed by atoms with van der Waals surface area (Å²) in [5, 5.41) is 7.09. The lowest BCUT2D eigenvalue weighted by molar-refractivity contribution is -0.115. The summed E-state index contributed by atoms with van der Waals surface area (Å²) >= 11 is 0. The number of nitrogens with one attached hydrogen (secondary N) is 1. The van der Waals surface area contributed by atoms with Crippen LogP contribution in [0.1, 0.15) is 37.3 Å². The highest BCUT2D eigenvalue weighted by atomic mass is 16.2. The minimum Gasteiger partial charge on any atom is -0.365 e. The molecule has 1 aliphatic rings. The van der Waals surface area contributed by atoms with Gasteiger partial charge in [0.2, 0.25) is 5.91 Å². The fourth-order valence-electron chi connectivity index (χ4n) is 3.30. The molecule has 0 atom stereocenters. The molecule has 1 saturated heterocycles. The molecule has 1 aromatic carbocycles. The first-order valence-electron chi connectivity index (χ1n) is 9.29. The average Bonchev–Trinajstić information content (AvgIpc) is 2.65. The second-order valence-corrected chi connectivity index (χ2v) is 6.79. The number of aromatic nitrogens is 2. The highest BCUT2D eigenvalue weighted by Crippen LogP contribution is 2.24. The molecular weight excluding hydrogens is 328 g/mol. The van der Waals surface area contributed by atoms with Crippen LogP contribution in [0.2, 0.25) is 0 Å². The zero-order valence-electron chi connectivity index (χ0n) is 15.5. The van der Waals surface area contributed by atoms with Gasteiger partial charge in [-0.3, -0.25) is 9.59 Å². The number of rotatable bonds is 5. The first kappa shape index (κ1) is 18.2. The zero-order valence-corrected chi connectivity index (χ0v) is 15.5. The summed E-state index contributed by atoms with van der Waals surface area (Å²) in [4.78, 5) is 27.4. The van der Waals surface area contributed by atoms with Crippen LogP contribution < -0.4 is 15.8 Å². The number of aryl methyl sites for hydroxylation is 2. The van der Waals surface area contributed by atoms with Crippen LogP contribution in [0.4, 0.5) is 11.4 Å². The standard InChI is InChI=1S/C20H26N4O2/c1-3-24-20(26)19(23-11-5-4-6-12-23)17(14-21-24)22-18(25)13-16-9-7-15(2)8-10-16/h7-10,14H,3-6,11-13H2,1-2H3,(H,22,25). The molecule has 1 aliphatic heterocycles. The van der Waals surface area contributed by atoms with Crippen LogP contribution in [0.3, 0.4) is 0 Å². The third-order valence-corrected chi connectivity index (χ3v) is 4.75. The molecule has 0 spiro atoms. The molecule has 138 valence electrons. The molecule has 3 rings (SSSR count). The molecule has 26 heavy (non-hydrogen) atoms. The minimum absolute atomic E-state index is 0.137. The molecular formula is C20H26N4O2. The Bertz CT molecular complexity index is 821. The van der Waals surface area contributed by atoms with Crippen molar-refractivity contribution >= 4 is 17.3 Å². The number of carbonyl (C=O) groups excluding carboxylic acids is 1. The van der Waals surface area contributed by atoms with Gasteiger partial charge >= 0.3 is 0 Å². The van der Waals surface area contributed by atoms with Crippen LogP contribution in [0, 0.1) is 6.92 Å². The van der Waals surface area contributed by atoms with E-state index in [9.17, 15) is 9.59 Å². The van der Waals surface area contributed by atoms with Gasteiger partial charge in [0.25, 0.3) is 5.56 Å². The summed E-state index contributed by atoms with van der Waals surface area (Å²) < 4.78 is 1.44. The Morgan fingerprint density at radius 3 is 2.50 bits per heavy atom. The van der Waals surface area contributed by atoms with Crippen LogP contribution in [0.15, 0.2) is 35.3 Å². The smallest absolute Gasteiger partial charge is 0.292 e. The van der Waals surface area contributed by atoms with Gasteiger partial charge in [0.15, 0.2) is 0 Å². The van der Waals surface area contributed by atoms with E-state index in [1.165, 1.54) is 11.1 Å². The predicted molar refractivity (Wildman–Crippen MR) is 104 cm³/mol. The van der Waals surface area contributed by atoms with Crippen molar-refractivity contribution < 1.29 is 4.79 Å². The number of carbonyl (C=O) groups is 1. The van der Waals surface area contributed by atoms with Crippen molar-refractivity contribution in [1.29, 1.82) is 0 Å². The van der Waals surface area contributed by atoms with Gasteiger partial charge in [-0.1, -0.05) is 29.8 Å². The van der Waals surface area contributed by atoms with E-state index < -0.39 is 0 Å². The van der Waals surface area contributed by atoms with Gasteiger partial charge in [-0.15, -0.1) is 0 Å². The van der Waals surface area contributed by atoms with Crippen molar-refractivity contribution in [3.63, 3.8) is 0 Å². The molecule has 0 bridgehead atoms. The summed E-state index contributed by atoms with van der Waals surface area (Å²) in [7, 11) is 0. The number of piperidine rings is 1. The van der Waals surface area contributed by atoms with E-state index in [4.69, 9.17) is 0 Å². The SMILES string of the molecule is CCn1ncc(NC(=O)Cc2ccc(C)cc2)c(N2CCCCC2)c1=O. The maximum atomic E-state index is 12.8. The van der Waals surface area contributed by atoms with Crippen molar-refractivity contribution in [3.05, 3.63) is 51.9 Å². The molecule has 0 aliphatic carbocycles. The molecule has 0 saturated carbocycles. The first-order chi connectivity index (χ1) is 12.6. The van der Waals surface area contributed by atoms with Crippen molar-refractivity contribution in [2.45, 2.75) is 46.1 Å². The van der Waals surface area contributed by atoms with Crippen LogP contribution in [-0.2, 0) is 17.8 Å². The van der Waals surface area contributed by atoms with Crippen molar-refractivity contribution in [1.82, 2.24) is 9.78 Å². The molecule has 1 N–H and O–H groups in total. The lowest BCUT2D eigenvalue weighted by atomic mass is 10.1. The maximum absolute atomic E-state index is 12.8. The number of hydrogen-bond donors (Lipinski definition) is 1. The summed E-state index contributed by atoms with van der Waals surface area (Å²) in [6, 6.07) is 7.89. The third-order valence-electron chi connectivity index (χ3n) is 4.75. The number of nitrogens with zero attached hydrogens (tertiary/aromatic N) is 3. The molecule has 6 nitrogen and oxygen atoms in total. The fraction of sp³-hybridized carbons (Fsp3) is 0.450. The number of hydrogen-bond acceptors (Lipinski definition) is 4. The summed E-state index contributed by atoms with van der Waals surface area (Å²) in [5.41, 5.74) is 3.05. The van der Waals surface area contributed by atoms with Crippen molar-refractivity contribution in [3.8, 4) is 0 Å². The molecule has 2 heterocycles. The van der Waals surface area contributed by atoms with Gasteiger partial charge in [0, 0.05) is 19.6 Å². The number of benzene rings is 1. The van der Waals surface area contributed by atoms with E-state index in [-0.39, 0.29) is 17.9 Å². The highest BCUT2D eigenvalue weighted by Gasteiger charge is 2.21. The van der Waals surface area contributed by atoms with Crippen molar-refractivity contribution in [2.24, 2.45) is 0 Å². The Morgan fingerprint density at radius 1 is 1.15 bits per heavy atom. The fourth-order valence-corrected chi connectivity index (χ4v) is 3.30. The van der Waals surface area contributed by atoms with Crippen LogP contribution in [0.25, 0.3) is 0 Å². The van der Waals surface area contributed by atoms with Gasteiger partial charge < -0.3 is 10.2 Å². The first-order valence-corrected chi connectivity index (χ1v) is 9.29. The normalized spacial score (nSPS) is 14.3. The van der Waals surface area contributed by atoms with Gasteiger partial charge in [-0.25, -0.2) is 4.68 Å². The molecule has 6 heteroatoms. The van der Waals surface area contributed by atoms with Crippen LogP contribution in [0.5, 0.6) is 0 Å². The lowest BCUT2D eigenvalue weighted by Gasteiger charge is -2.29. The minimum atomic E-state index is -0.137. The van der Waals surface area contributed by atoms with E-state index in [0.29, 0.717) is 17.9 Å². The molecule has 2 aromatic rings. The number of amides is 1. The summed E-state index contributed by atoms with van der Waals surface area (Å²) in [6.45, 7) is 6.10. The topological polar surface area (TPSA) is 67.2 Å². The van der Waals surface area contributed by atoms with E-state index in [1.54, 1.807) is 6.20 Å². The van der Waals surface area contributed by atoms with Gasteiger partial charge in [0.1, 0.15) is 5.69 Å². The quantitative estimate of drug-likeness (QED) is 0.896. The van der Waals surface area contributed by atoms with Crippen molar-refractivity contribution in [2.75, 3.05) is 23.3 Å². The summed E-state index contributed by atoms with van der Waals surface area (Å²) in [5.74, 6) is -0.137. The molecule has 1 fully saturated rings. The Labute approximate surface area is 153 Å². The molecule has 0 unspecified atom stereocenters. The van der Waals surface area contributed by atoms with Crippen LogP contribution >= 0.6 is 0 Å². The number of anilines is 2. The Kier molecular flexibility index (Phi) is 5.71. The molecule has 1 aromatic heterocycles. The van der Waals surface area contributed by atoms with Gasteiger partial charge in [-0.2, -0.15) is 5.10 Å². The second-order valence-electron chi connectivity index (χ2n) is 6.79. The third kappa shape index (κ3) is 4.12. The lowest BCUT2D eigenvalue weighted by Crippen LogP contribution is -2.37.